The zero-order valence-electron chi connectivity index (χ0n) is 22.8. The molecular weight excluding hydrogens is 553 g/mol. The van der Waals surface area contributed by atoms with E-state index in [0.29, 0.717) is 54.0 Å². The highest BCUT2D eigenvalue weighted by molar-refractivity contribution is 6.15. The zero-order valence-corrected chi connectivity index (χ0v) is 23.5. The lowest BCUT2D eigenvalue weighted by atomic mass is 10.1. The molecule has 3 aromatic carbocycles. The number of amides is 1. The summed E-state index contributed by atoms with van der Waals surface area (Å²) in [7, 11) is 1.56. The minimum Gasteiger partial charge on any atom is -0.497 e. The lowest BCUT2D eigenvalue weighted by molar-refractivity contribution is -0.385. The SMILES string of the molecule is CCl.COc1ccc(C(=O)N2CCN(c3c([N+](=O)[O-])c(=O)n(Cc4ccc(F)cc4)c4ccccc34)CC2)cc1.N. The van der Waals surface area contributed by atoms with Gasteiger partial charge in [-0.1, -0.05) is 30.3 Å². The molecule has 10 nitrogen and oxygen atoms in total. The van der Waals surface area contributed by atoms with Crippen LogP contribution in [0.5, 0.6) is 5.75 Å². The number of para-hydroxylation sites is 1. The van der Waals surface area contributed by atoms with E-state index in [0.717, 1.165) is 0 Å². The summed E-state index contributed by atoms with van der Waals surface area (Å²) in [5.74, 6) is 0.109. The van der Waals surface area contributed by atoms with Crippen LogP contribution in [0.2, 0.25) is 0 Å². The number of alkyl halides is 1. The van der Waals surface area contributed by atoms with Gasteiger partial charge < -0.3 is 20.7 Å². The first-order valence-corrected chi connectivity index (χ1v) is 13.2. The third kappa shape index (κ3) is 6.47. The highest BCUT2D eigenvalue weighted by Crippen LogP contribution is 2.34. The Morgan fingerprint density at radius 3 is 2.17 bits per heavy atom. The number of anilines is 1. The summed E-state index contributed by atoms with van der Waals surface area (Å²) in [6.07, 6.45) is 1.47. The van der Waals surface area contributed by atoms with Crippen molar-refractivity contribution >= 4 is 39.8 Å². The summed E-state index contributed by atoms with van der Waals surface area (Å²) in [5.41, 5.74) is 0.720. The Labute approximate surface area is 241 Å². The van der Waals surface area contributed by atoms with Gasteiger partial charge in [-0.15, -0.1) is 11.6 Å². The molecule has 1 saturated heterocycles. The average molecular weight is 584 g/mol. The van der Waals surface area contributed by atoms with Gasteiger partial charge in [-0.25, -0.2) is 4.39 Å². The molecule has 5 rings (SSSR count). The molecule has 0 atom stereocenters. The molecule has 1 amide bonds. The Bertz CT molecular complexity index is 1570. The topological polar surface area (TPSA) is 133 Å². The van der Waals surface area contributed by atoms with Crippen LogP contribution >= 0.6 is 11.6 Å². The van der Waals surface area contributed by atoms with Gasteiger partial charge in [0.15, 0.2) is 0 Å². The quantitative estimate of drug-likeness (QED) is 0.190. The lowest BCUT2D eigenvalue weighted by Gasteiger charge is -2.36. The number of piperazine rings is 1. The van der Waals surface area contributed by atoms with Crippen LogP contribution in [0.3, 0.4) is 0 Å². The number of hydrogen-bond donors (Lipinski definition) is 1. The minimum atomic E-state index is -0.732. The largest absolute Gasteiger partial charge is 0.497 e. The van der Waals surface area contributed by atoms with Gasteiger partial charge in [-0.05, 0) is 48.0 Å². The summed E-state index contributed by atoms with van der Waals surface area (Å²) in [5, 5.41) is 12.8. The number of halogens is 2. The monoisotopic (exact) mass is 583 g/mol. The fourth-order valence-electron chi connectivity index (χ4n) is 4.84. The van der Waals surface area contributed by atoms with Crippen LogP contribution in [0.25, 0.3) is 10.9 Å². The summed E-state index contributed by atoms with van der Waals surface area (Å²) >= 11 is 4.64. The molecule has 0 unspecified atom stereocenters. The molecule has 0 saturated carbocycles. The number of methoxy groups -OCH3 is 1. The van der Waals surface area contributed by atoms with Gasteiger partial charge in [0.2, 0.25) is 0 Å². The fraction of sp³-hybridized carbons (Fsp3) is 0.241. The van der Waals surface area contributed by atoms with Crippen LogP contribution in [0.15, 0.2) is 77.6 Å². The maximum Gasteiger partial charge on any atom is 0.357 e. The summed E-state index contributed by atoms with van der Waals surface area (Å²) in [6.45, 7) is 1.40. The Morgan fingerprint density at radius 2 is 1.59 bits per heavy atom. The average Bonchev–Trinajstić information content (AvgIpc) is 3.00. The standard InChI is InChI=1S/C28H25FN4O5.CH3Cl.H3N/c1-38-22-12-8-20(9-13-22)27(34)31-16-14-30(15-17-31)25-23-4-2-3-5-24(23)32(28(35)26(25)33(36)37)18-19-6-10-21(29)11-7-19;1-2;/h2-13H,14-18H2,1H3;1H3;1H3. The first kappa shape index (κ1) is 31.1. The van der Waals surface area contributed by atoms with E-state index < -0.39 is 22.0 Å². The number of aromatic nitrogens is 1. The second-order valence-corrected chi connectivity index (χ2v) is 9.00. The molecule has 1 aliphatic heterocycles. The summed E-state index contributed by atoms with van der Waals surface area (Å²) < 4.78 is 19.9. The Hall–Kier alpha value is -4.48. The molecule has 4 aromatic rings. The van der Waals surface area contributed by atoms with Gasteiger partial charge in [0, 0.05) is 43.5 Å². The second-order valence-electron chi connectivity index (χ2n) is 9.00. The maximum absolute atomic E-state index is 13.5. The van der Waals surface area contributed by atoms with Crippen molar-refractivity contribution in [2.24, 2.45) is 0 Å². The molecule has 41 heavy (non-hydrogen) atoms. The third-order valence-corrected chi connectivity index (χ3v) is 6.78. The van der Waals surface area contributed by atoms with Crippen LogP contribution < -0.4 is 21.3 Å². The van der Waals surface area contributed by atoms with Crippen molar-refractivity contribution in [1.82, 2.24) is 15.6 Å². The highest BCUT2D eigenvalue weighted by atomic mass is 35.5. The van der Waals surface area contributed by atoms with E-state index in [2.05, 4.69) is 11.6 Å². The number of ether oxygens (including phenoxy) is 1. The van der Waals surface area contributed by atoms with E-state index in [1.165, 1.54) is 23.1 Å². The molecule has 0 bridgehead atoms. The Balaban J connectivity index is 0.00000151. The molecule has 1 fully saturated rings. The van der Waals surface area contributed by atoms with E-state index in [-0.39, 0.29) is 24.3 Å². The molecule has 216 valence electrons. The number of nitro groups is 1. The normalized spacial score (nSPS) is 12.7. The van der Waals surface area contributed by atoms with Gasteiger partial charge in [-0.3, -0.25) is 24.3 Å². The second kappa shape index (κ2) is 13.7. The van der Waals surface area contributed by atoms with E-state index in [1.54, 1.807) is 72.7 Å². The molecule has 0 aliphatic carbocycles. The number of carbonyl (C=O) groups excluding carboxylic acids is 1. The third-order valence-electron chi connectivity index (χ3n) is 6.78. The molecule has 0 radical (unpaired) electrons. The van der Waals surface area contributed by atoms with Gasteiger partial charge >= 0.3 is 11.2 Å². The van der Waals surface area contributed by atoms with Crippen LogP contribution in [0.4, 0.5) is 15.8 Å². The zero-order chi connectivity index (χ0) is 28.8. The van der Waals surface area contributed by atoms with Crippen molar-refractivity contribution in [3.8, 4) is 5.75 Å². The first-order chi connectivity index (χ1) is 19.4. The van der Waals surface area contributed by atoms with E-state index in [1.807, 2.05) is 4.90 Å². The number of fused-ring (bicyclic) bond motifs is 1. The number of benzene rings is 3. The van der Waals surface area contributed by atoms with Crippen LogP contribution in [-0.4, -0.2) is 60.0 Å². The van der Waals surface area contributed by atoms with Crippen molar-refractivity contribution in [1.29, 1.82) is 0 Å². The van der Waals surface area contributed by atoms with E-state index in [9.17, 15) is 24.1 Å². The van der Waals surface area contributed by atoms with Crippen molar-refractivity contribution in [3.05, 3.63) is 110 Å². The fourth-order valence-corrected chi connectivity index (χ4v) is 4.84. The predicted molar refractivity (Wildman–Crippen MR) is 158 cm³/mol. The van der Waals surface area contributed by atoms with E-state index >= 15 is 0 Å². The van der Waals surface area contributed by atoms with Crippen molar-refractivity contribution < 1.29 is 18.8 Å². The van der Waals surface area contributed by atoms with Gasteiger partial charge in [0.25, 0.3) is 5.91 Å². The van der Waals surface area contributed by atoms with E-state index in [4.69, 9.17) is 4.74 Å². The molecule has 1 aliphatic rings. The van der Waals surface area contributed by atoms with Gasteiger partial charge in [0.1, 0.15) is 17.3 Å². The lowest BCUT2D eigenvalue weighted by Crippen LogP contribution is -2.49. The molecule has 12 heteroatoms. The van der Waals surface area contributed by atoms with Crippen molar-refractivity contribution in [3.63, 3.8) is 0 Å². The molecular formula is C29H31ClFN5O5. The van der Waals surface area contributed by atoms with Crippen molar-refractivity contribution in [2.75, 3.05) is 44.6 Å². The smallest absolute Gasteiger partial charge is 0.357 e. The Morgan fingerprint density at radius 1 is 0.976 bits per heavy atom. The maximum atomic E-state index is 13.5. The highest BCUT2D eigenvalue weighted by Gasteiger charge is 2.32. The molecule has 3 N–H and O–H groups in total. The van der Waals surface area contributed by atoms with Gasteiger partial charge in [-0.2, -0.15) is 0 Å². The van der Waals surface area contributed by atoms with Crippen LogP contribution in [0.1, 0.15) is 15.9 Å². The number of pyridine rings is 1. The molecule has 2 heterocycles. The number of nitrogens with zero attached hydrogens (tertiary/aromatic N) is 4. The van der Waals surface area contributed by atoms with Crippen molar-refractivity contribution in [2.45, 2.75) is 6.54 Å². The Kier molecular flexibility index (Phi) is 10.4. The van der Waals surface area contributed by atoms with Crippen LogP contribution in [-0.2, 0) is 6.54 Å². The van der Waals surface area contributed by atoms with Crippen LogP contribution in [0, 0.1) is 15.9 Å². The first-order valence-electron chi connectivity index (χ1n) is 12.5. The number of rotatable bonds is 6. The number of carbonyl (C=O) groups is 1. The molecule has 1 aromatic heterocycles. The summed E-state index contributed by atoms with van der Waals surface area (Å²) in [6, 6.07) is 19.6. The predicted octanol–water partition coefficient (Wildman–Crippen LogP) is 5.09. The molecule has 0 spiro atoms. The van der Waals surface area contributed by atoms with Gasteiger partial charge in [0.05, 0.1) is 24.1 Å². The summed E-state index contributed by atoms with van der Waals surface area (Å²) in [4.78, 5) is 41.6. The number of hydrogen-bond acceptors (Lipinski definition) is 7. The minimum absolute atomic E-state index is 0.